The summed E-state index contributed by atoms with van der Waals surface area (Å²) in [5.41, 5.74) is 0.706. The minimum absolute atomic E-state index is 0. The highest BCUT2D eigenvalue weighted by Gasteiger charge is 2.17. The molecule has 4 nitrogen and oxygen atoms in total. The molecular weight excluding hydrogens is 327 g/mol. The van der Waals surface area contributed by atoms with E-state index >= 15 is 0 Å². The smallest absolute Gasteiger partial charge is 0.261 e. The molecule has 7 heteroatoms. The molecule has 1 aromatic carbocycles. The van der Waals surface area contributed by atoms with Crippen LogP contribution in [0.2, 0.25) is 0 Å². The number of hydrogen-bond donors (Lipinski definition) is 2. The summed E-state index contributed by atoms with van der Waals surface area (Å²) in [4.78, 5) is 12.7. The minimum atomic E-state index is -0.276. The van der Waals surface area contributed by atoms with E-state index in [4.69, 9.17) is 4.74 Å². The first-order valence-corrected chi connectivity index (χ1v) is 7.62. The van der Waals surface area contributed by atoms with Crippen molar-refractivity contribution in [3.05, 3.63) is 34.5 Å². The van der Waals surface area contributed by atoms with Crippen LogP contribution in [0.15, 0.2) is 18.2 Å². The van der Waals surface area contributed by atoms with Gasteiger partial charge in [0, 0.05) is 36.8 Å². The number of aryl methyl sites for hydroxylation is 1. The number of methoxy groups -OCH3 is 1. The van der Waals surface area contributed by atoms with Gasteiger partial charge in [-0.25, -0.2) is 4.39 Å². The molecule has 2 rings (SSSR count). The summed E-state index contributed by atoms with van der Waals surface area (Å²) in [5.74, 6) is -0.428. The normalized spacial score (nSPS) is 10.5. The van der Waals surface area contributed by atoms with Gasteiger partial charge in [-0.05, 0) is 24.6 Å². The maximum atomic E-state index is 13.8. The van der Waals surface area contributed by atoms with Crippen molar-refractivity contribution in [2.45, 2.75) is 6.92 Å². The highest BCUT2D eigenvalue weighted by molar-refractivity contribution is 7.21. The summed E-state index contributed by atoms with van der Waals surface area (Å²) in [5, 5.41) is 6.54. The van der Waals surface area contributed by atoms with Gasteiger partial charge in [0.2, 0.25) is 0 Å². The van der Waals surface area contributed by atoms with E-state index in [0.717, 1.165) is 11.2 Å². The van der Waals surface area contributed by atoms with E-state index in [0.29, 0.717) is 35.5 Å². The average Bonchev–Trinajstić information content (AvgIpc) is 2.81. The summed E-state index contributed by atoms with van der Waals surface area (Å²) in [6, 6.07) is 4.91. The zero-order valence-electron chi connectivity index (χ0n) is 12.6. The molecule has 0 bridgehead atoms. The molecule has 22 heavy (non-hydrogen) atoms. The van der Waals surface area contributed by atoms with Crippen molar-refractivity contribution in [1.82, 2.24) is 10.6 Å². The Bertz CT molecular complexity index is 633. The third-order valence-electron chi connectivity index (χ3n) is 3.18. The van der Waals surface area contributed by atoms with Gasteiger partial charge in [0.15, 0.2) is 0 Å². The van der Waals surface area contributed by atoms with Gasteiger partial charge in [0.25, 0.3) is 5.91 Å². The second-order valence-corrected chi connectivity index (χ2v) is 5.72. The van der Waals surface area contributed by atoms with Crippen LogP contribution in [-0.2, 0) is 4.74 Å². The summed E-state index contributed by atoms with van der Waals surface area (Å²) in [7, 11) is 1.65. The lowest BCUT2D eigenvalue weighted by Gasteiger charge is -2.06. The Balaban J connectivity index is 0.00000242. The first kappa shape index (κ1) is 18.8. The number of fused-ring (bicyclic) bond motifs is 1. The summed E-state index contributed by atoms with van der Waals surface area (Å²) < 4.78 is 19.5. The van der Waals surface area contributed by atoms with Gasteiger partial charge in [-0.15, -0.1) is 23.7 Å². The molecule has 0 atom stereocenters. The van der Waals surface area contributed by atoms with Crippen LogP contribution >= 0.6 is 23.7 Å². The molecule has 0 fully saturated rings. The Hall–Kier alpha value is -1.21. The highest BCUT2D eigenvalue weighted by Crippen LogP contribution is 2.32. The Morgan fingerprint density at radius 1 is 1.32 bits per heavy atom. The van der Waals surface area contributed by atoms with Crippen molar-refractivity contribution in [1.29, 1.82) is 0 Å². The van der Waals surface area contributed by atoms with E-state index in [1.54, 1.807) is 20.1 Å². The van der Waals surface area contributed by atoms with Gasteiger partial charge in [-0.2, -0.15) is 0 Å². The monoisotopic (exact) mass is 346 g/mol. The molecule has 0 aliphatic carbocycles. The quantitative estimate of drug-likeness (QED) is 0.758. The van der Waals surface area contributed by atoms with E-state index in [9.17, 15) is 9.18 Å². The van der Waals surface area contributed by atoms with Gasteiger partial charge >= 0.3 is 0 Å². The molecule has 1 aromatic heterocycles. The molecule has 2 aromatic rings. The summed E-state index contributed by atoms with van der Waals surface area (Å²) in [6.07, 6.45) is 0. The number of halogens is 2. The van der Waals surface area contributed by atoms with Crippen LogP contribution in [0.4, 0.5) is 4.39 Å². The number of carbonyl (C=O) groups excluding carboxylic acids is 1. The Morgan fingerprint density at radius 3 is 2.77 bits per heavy atom. The molecule has 0 saturated carbocycles. The fourth-order valence-corrected chi connectivity index (χ4v) is 3.25. The van der Waals surface area contributed by atoms with Crippen LogP contribution < -0.4 is 10.6 Å². The van der Waals surface area contributed by atoms with Crippen LogP contribution in [0.1, 0.15) is 15.2 Å². The zero-order valence-corrected chi connectivity index (χ0v) is 14.2. The lowest BCUT2D eigenvalue weighted by Crippen LogP contribution is -2.32. The molecule has 122 valence electrons. The fraction of sp³-hybridized carbons (Fsp3) is 0.400. The van der Waals surface area contributed by atoms with E-state index in [1.165, 1.54) is 17.4 Å². The zero-order chi connectivity index (χ0) is 15.2. The lowest BCUT2D eigenvalue weighted by molar-refractivity contribution is 0.0957. The van der Waals surface area contributed by atoms with Crippen molar-refractivity contribution in [3.63, 3.8) is 0 Å². The molecular formula is C15H20ClFN2O2S. The molecule has 0 spiro atoms. The Kier molecular flexibility index (Phi) is 7.75. The number of amides is 1. The molecule has 0 radical (unpaired) electrons. The maximum Gasteiger partial charge on any atom is 0.261 e. The van der Waals surface area contributed by atoms with Crippen molar-refractivity contribution < 1.29 is 13.9 Å². The standard InChI is InChI=1S/C15H19FN2O2S.ClH/c1-10-13-11(16)4-3-5-12(13)21-14(10)15(19)18-7-6-17-8-9-20-2;/h3-5,17H,6-9H2,1-2H3,(H,18,19);1H. The number of carbonyl (C=O) groups is 1. The Morgan fingerprint density at radius 2 is 2.09 bits per heavy atom. The van der Waals surface area contributed by atoms with Gasteiger partial charge in [0.05, 0.1) is 11.5 Å². The third kappa shape index (κ3) is 4.39. The van der Waals surface area contributed by atoms with Crippen molar-refractivity contribution in [2.75, 3.05) is 33.4 Å². The summed E-state index contributed by atoms with van der Waals surface area (Å²) >= 11 is 1.33. The van der Waals surface area contributed by atoms with Crippen LogP contribution in [-0.4, -0.2) is 39.3 Å². The molecule has 2 N–H and O–H groups in total. The van der Waals surface area contributed by atoms with Crippen molar-refractivity contribution >= 4 is 39.7 Å². The largest absolute Gasteiger partial charge is 0.383 e. The maximum absolute atomic E-state index is 13.8. The lowest BCUT2D eigenvalue weighted by atomic mass is 10.1. The average molecular weight is 347 g/mol. The second-order valence-electron chi connectivity index (χ2n) is 4.67. The number of hydrogen-bond acceptors (Lipinski definition) is 4. The van der Waals surface area contributed by atoms with Crippen LogP contribution in [0.3, 0.4) is 0 Å². The van der Waals surface area contributed by atoms with Crippen LogP contribution in [0.5, 0.6) is 0 Å². The number of benzene rings is 1. The van der Waals surface area contributed by atoms with Crippen molar-refractivity contribution in [2.24, 2.45) is 0 Å². The molecule has 0 aliphatic heterocycles. The third-order valence-corrected chi connectivity index (χ3v) is 4.44. The minimum Gasteiger partial charge on any atom is -0.383 e. The predicted octanol–water partition coefficient (Wildman–Crippen LogP) is 2.74. The number of rotatable bonds is 7. The first-order valence-electron chi connectivity index (χ1n) is 6.80. The summed E-state index contributed by atoms with van der Waals surface area (Å²) in [6.45, 7) is 4.38. The van der Waals surface area contributed by atoms with Crippen LogP contribution in [0.25, 0.3) is 10.1 Å². The molecule has 0 unspecified atom stereocenters. The molecule has 0 aliphatic rings. The van der Waals surface area contributed by atoms with E-state index in [-0.39, 0.29) is 24.1 Å². The number of nitrogens with one attached hydrogen (secondary N) is 2. The first-order chi connectivity index (χ1) is 10.1. The van der Waals surface area contributed by atoms with Crippen LogP contribution in [0, 0.1) is 12.7 Å². The number of thiophene rings is 1. The van der Waals surface area contributed by atoms with Gasteiger partial charge < -0.3 is 15.4 Å². The van der Waals surface area contributed by atoms with E-state index in [2.05, 4.69) is 10.6 Å². The molecule has 1 heterocycles. The van der Waals surface area contributed by atoms with Gasteiger partial charge in [-0.3, -0.25) is 4.79 Å². The Labute approximate surface area is 139 Å². The second kappa shape index (κ2) is 9.05. The van der Waals surface area contributed by atoms with Crippen molar-refractivity contribution in [3.8, 4) is 0 Å². The topological polar surface area (TPSA) is 50.4 Å². The molecule has 0 saturated heterocycles. The van der Waals surface area contributed by atoms with Gasteiger partial charge in [0.1, 0.15) is 5.82 Å². The van der Waals surface area contributed by atoms with Gasteiger partial charge in [-0.1, -0.05) is 6.07 Å². The van der Waals surface area contributed by atoms with E-state index < -0.39 is 0 Å². The SMILES string of the molecule is COCCNCCNC(=O)c1sc2cccc(F)c2c1C.Cl. The molecule has 1 amide bonds. The van der Waals surface area contributed by atoms with E-state index in [1.807, 2.05) is 6.07 Å². The fourth-order valence-electron chi connectivity index (χ4n) is 2.11. The number of ether oxygens (including phenoxy) is 1. The predicted molar refractivity (Wildman–Crippen MR) is 90.8 cm³/mol. The highest BCUT2D eigenvalue weighted by atomic mass is 35.5.